The molecule has 0 radical (unpaired) electrons. The maximum Gasteiger partial charge on any atom is 0.221 e. The molecular weight excluding hydrogens is 320 g/mol. The van der Waals surface area contributed by atoms with E-state index >= 15 is 0 Å². The number of tetrazole rings is 1. The molecule has 6 nitrogen and oxygen atoms in total. The molecule has 0 aliphatic carbocycles. The highest BCUT2D eigenvalue weighted by Gasteiger charge is 2.18. The second-order valence-electron chi connectivity index (χ2n) is 5.66. The zero-order valence-electron chi connectivity index (χ0n) is 13.4. The fourth-order valence-corrected chi connectivity index (χ4v) is 3.67. The Hall–Kier alpha value is -2.67. The van der Waals surface area contributed by atoms with E-state index in [9.17, 15) is 0 Å². The lowest BCUT2D eigenvalue weighted by atomic mass is 10.3. The summed E-state index contributed by atoms with van der Waals surface area (Å²) < 4.78 is 3.94. The third-order valence-electron chi connectivity index (χ3n) is 3.70. The van der Waals surface area contributed by atoms with Gasteiger partial charge in [0.1, 0.15) is 0 Å². The van der Waals surface area contributed by atoms with Crippen LogP contribution in [0.3, 0.4) is 0 Å². The molecule has 0 fully saturated rings. The van der Waals surface area contributed by atoms with E-state index in [1.54, 1.807) is 4.68 Å². The highest BCUT2D eigenvalue weighted by Crippen LogP contribution is 2.32. The molecule has 2 heterocycles. The first-order chi connectivity index (χ1) is 11.7. The molecule has 0 amide bonds. The zero-order chi connectivity index (χ0) is 16.5. The summed E-state index contributed by atoms with van der Waals surface area (Å²) >= 11 is 1.48. The van der Waals surface area contributed by atoms with Gasteiger partial charge in [0.2, 0.25) is 5.16 Å². The number of imidazole rings is 1. The molecule has 4 aromatic rings. The Bertz CT molecular complexity index is 973. The first kappa shape index (κ1) is 14.9. The molecule has 2 aromatic carbocycles. The Kier molecular flexibility index (Phi) is 3.78. The van der Waals surface area contributed by atoms with Gasteiger partial charge in [0.15, 0.2) is 5.16 Å². The predicted octanol–water partition coefficient (Wildman–Crippen LogP) is 3.74. The number of benzene rings is 2. The molecule has 0 bridgehead atoms. The number of rotatable bonds is 4. The maximum atomic E-state index is 4.76. The smallest absolute Gasteiger partial charge is 0.221 e. The lowest BCUT2D eigenvalue weighted by Crippen LogP contribution is -2.04. The highest BCUT2D eigenvalue weighted by molar-refractivity contribution is 7.99. The lowest BCUT2D eigenvalue weighted by Gasteiger charge is -2.12. The number of aromatic nitrogens is 6. The molecular formula is C17H16N6S. The first-order valence-electron chi connectivity index (χ1n) is 7.72. The minimum absolute atomic E-state index is 0.293. The van der Waals surface area contributed by atoms with Crippen LogP contribution in [-0.2, 0) is 0 Å². The van der Waals surface area contributed by atoms with E-state index in [0.717, 1.165) is 21.9 Å². The van der Waals surface area contributed by atoms with Crippen LogP contribution in [0.15, 0.2) is 64.9 Å². The standard InChI is InChI=1S/C17H16N6S/c1-12(2)22-15-11-7-6-10-14(15)18-16(22)24-17-19-20-21-23(17)13-8-4-3-5-9-13/h3-12H,1-2H3. The minimum Gasteiger partial charge on any atom is -0.316 e. The normalized spacial score (nSPS) is 11.5. The van der Waals surface area contributed by atoms with Crippen LogP contribution in [0, 0.1) is 0 Å². The molecule has 0 spiro atoms. The largest absolute Gasteiger partial charge is 0.316 e. The molecule has 120 valence electrons. The summed E-state index contributed by atoms with van der Waals surface area (Å²) in [4.78, 5) is 4.76. The van der Waals surface area contributed by atoms with E-state index in [1.165, 1.54) is 11.8 Å². The Morgan fingerprint density at radius 3 is 2.46 bits per heavy atom. The number of hydrogen-bond donors (Lipinski definition) is 0. The Labute approximate surface area is 143 Å². The molecule has 0 unspecified atom stereocenters. The van der Waals surface area contributed by atoms with Crippen molar-refractivity contribution in [1.82, 2.24) is 29.8 Å². The van der Waals surface area contributed by atoms with Crippen molar-refractivity contribution in [2.45, 2.75) is 30.2 Å². The first-order valence-corrected chi connectivity index (χ1v) is 8.54. The van der Waals surface area contributed by atoms with Gasteiger partial charge in [-0.05, 0) is 60.3 Å². The van der Waals surface area contributed by atoms with Crippen molar-refractivity contribution in [2.24, 2.45) is 0 Å². The average molecular weight is 336 g/mol. The van der Waals surface area contributed by atoms with Gasteiger partial charge in [-0.1, -0.05) is 30.3 Å². The van der Waals surface area contributed by atoms with Crippen LogP contribution in [0.5, 0.6) is 0 Å². The number of para-hydroxylation sites is 3. The molecule has 7 heteroatoms. The molecule has 0 atom stereocenters. The second-order valence-corrected chi connectivity index (χ2v) is 6.59. The van der Waals surface area contributed by atoms with Crippen LogP contribution < -0.4 is 0 Å². The van der Waals surface area contributed by atoms with Crippen molar-refractivity contribution in [3.63, 3.8) is 0 Å². The molecule has 0 N–H and O–H groups in total. The SMILES string of the molecule is CC(C)n1c(Sc2nnnn2-c2ccccc2)nc2ccccc21. The quantitative estimate of drug-likeness (QED) is 0.568. The topological polar surface area (TPSA) is 61.4 Å². The van der Waals surface area contributed by atoms with Gasteiger partial charge in [-0.25, -0.2) is 4.98 Å². The summed E-state index contributed by atoms with van der Waals surface area (Å²) in [6, 6.07) is 18.3. The molecule has 0 saturated carbocycles. The molecule has 2 aromatic heterocycles. The average Bonchev–Trinajstić information content (AvgIpc) is 3.19. The summed E-state index contributed by atoms with van der Waals surface area (Å²) in [6.45, 7) is 4.30. The van der Waals surface area contributed by atoms with E-state index in [0.29, 0.717) is 11.2 Å². The maximum absolute atomic E-state index is 4.76. The summed E-state index contributed by atoms with van der Waals surface area (Å²) in [5.74, 6) is 0. The van der Waals surface area contributed by atoms with Crippen molar-refractivity contribution in [3.05, 3.63) is 54.6 Å². The molecule has 0 aliphatic rings. The van der Waals surface area contributed by atoms with Crippen molar-refractivity contribution in [3.8, 4) is 5.69 Å². The molecule has 4 rings (SSSR count). The number of hydrogen-bond acceptors (Lipinski definition) is 5. The third-order valence-corrected chi connectivity index (χ3v) is 4.61. The van der Waals surface area contributed by atoms with Crippen LogP contribution >= 0.6 is 11.8 Å². The van der Waals surface area contributed by atoms with Crippen molar-refractivity contribution >= 4 is 22.8 Å². The van der Waals surface area contributed by atoms with Gasteiger partial charge in [0, 0.05) is 6.04 Å². The van der Waals surface area contributed by atoms with Gasteiger partial charge in [0.05, 0.1) is 16.7 Å². The van der Waals surface area contributed by atoms with E-state index in [2.05, 4.69) is 40.0 Å². The van der Waals surface area contributed by atoms with Crippen LogP contribution in [-0.4, -0.2) is 29.8 Å². The van der Waals surface area contributed by atoms with Gasteiger partial charge in [0.25, 0.3) is 0 Å². The predicted molar refractivity (Wildman–Crippen MR) is 93.4 cm³/mol. The fraction of sp³-hybridized carbons (Fsp3) is 0.176. The number of nitrogens with zero attached hydrogens (tertiary/aromatic N) is 6. The summed E-state index contributed by atoms with van der Waals surface area (Å²) in [5, 5.41) is 13.7. The zero-order valence-corrected chi connectivity index (χ0v) is 14.2. The van der Waals surface area contributed by atoms with Crippen LogP contribution in [0.4, 0.5) is 0 Å². The van der Waals surface area contributed by atoms with Gasteiger partial charge in [-0.15, -0.1) is 5.10 Å². The second kappa shape index (κ2) is 6.09. The minimum atomic E-state index is 0.293. The molecule has 24 heavy (non-hydrogen) atoms. The highest BCUT2D eigenvalue weighted by atomic mass is 32.2. The summed E-state index contributed by atoms with van der Waals surface area (Å²) in [6.07, 6.45) is 0. The third kappa shape index (κ3) is 2.56. The van der Waals surface area contributed by atoms with Gasteiger partial charge < -0.3 is 4.57 Å². The summed E-state index contributed by atoms with van der Waals surface area (Å²) in [5.41, 5.74) is 3.03. The van der Waals surface area contributed by atoms with Crippen LogP contribution in [0.2, 0.25) is 0 Å². The Morgan fingerprint density at radius 1 is 0.917 bits per heavy atom. The monoisotopic (exact) mass is 336 g/mol. The fourth-order valence-electron chi connectivity index (χ4n) is 2.65. The van der Waals surface area contributed by atoms with Gasteiger partial charge in [-0.3, -0.25) is 0 Å². The lowest BCUT2D eigenvalue weighted by molar-refractivity contribution is 0.565. The van der Waals surface area contributed by atoms with E-state index in [-0.39, 0.29) is 0 Å². The molecule has 0 aliphatic heterocycles. The molecule has 0 saturated heterocycles. The van der Waals surface area contributed by atoms with E-state index in [1.807, 2.05) is 48.5 Å². The van der Waals surface area contributed by atoms with E-state index in [4.69, 9.17) is 4.98 Å². The van der Waals surface area contributed by atoms with Crippen molar-refractivity contribution in [2.75, 3.05) is 0 Å². The van der Waals surface area contributed by atoms with E-state index < -0.39 is 0 Å². The summed E-state index contributed by atoms with van der Waals surface area (Å²) in [7, 11) is 0. The van der Waals surface area contributed by atoms with Crippen molar-refractivity contribution < 1.29 is 0 Å². The Balaban J connectivity index is 1.79. The van der Waals surface area contributed by atoms with Gasteiger partial charge >= 0.3 is 0 Å². The number of fused-ring (bicyclic) bond motifs is 1. The van der Waals surface area contributed by atoms with Crippen molar-refractivity contribution in [1.29, 1.82) is 0 Å². The van der Waals surface area contributed by atoms with Crippen LogP contribution in [0.1, 0.15) is 19.9 Å². The van der Waals surface area contributed by atoms with Gasteiger partial charge in [-0.2, -0.15) is 4.68 Å². The van der Waals surface area contributed by atoms with Crippen LogP contribution in [0.25, 0.3) is 16.7 Å². The Morgan fingerprint density at radius 2 is 1.67 bits per heavy atom.